The molecule has 0 bridgehead atoms. The van der Waals surface area contributed by atoms with Crippen LogP contribution in [0.15, 0.2) is 48.5 Å². The van der Waals surface area contributed by atoms with Crippen LogP contribution in [0, 0.1) is 0 Å². The van der Waals surface area contributed by atoms with E-state index in [4.69, 9.17) is 11.6 Å². The van der Waals surface area contributed by atoms with Crippen LogP contribution in [0.2, 0.25) is 5.02 Å². The first-order valence-corrected chi connectivity index (χ1v) is 7.96. The van der Waals surface area contributed by atoms with Gasteiger partial charge in [-0.1, -0.05) is 29.8 Å². The number of fused-ring (bicyclic) bond motifs is 2. The van der Waals surface area contributed by atoms with E-state index in [1.54, 1.807) is 6.07 Å². The molecule has 4 aromatic rings. The molecule has 0 fully saturated rings. The molecule has 1 amide bonds. The van der Waals surface area contributed by atoms with E-state index < -0.39 is 0 Å². The number of benzene rings is 2. The second kappa shape index (κ2) is 5.69. The summed E-state index contributed by atoms with van der Waals surface area (Å²) in [7, 11) is 1.89. The van der Waals surface area contributed by atoms with Gasteiger partial charge < -0.3 is 14.9 Å². The molecular weight excluding hydrogens is 324 g/mol. The highest BCUT2D eigenvalue weighted by atomic mass is 35.5. The minimum atomic E-state index is -0.132. The summed E-state index contributed by atoms with van der Waals surface area (Å²) < 4.78 is 1.89. The van der Waals surface area contributed by atoms with Gasteiger partial charge in [-0.05, 0) is 30.3 Å². The highest BCUT2D eigenvalue weighted by Gasteiger charge is 2.13. The van der Waals surface area contributed by atoms with Crippen molar-refractivity contribution in [1.29, 1.82) is 0 Å². The summed E-state index contributed by atoms with van der Waals surface area (Å²) >= 11 is 5.97. The molecule has 2 aromatic heterocycles. The summed E-state index contributed by atoms with van der Waals surface area (Å²) in [5.41, 5.74) is 3.33. The molecule has 0 aliphatic heterocycles. The van der Waals surface area contributed by atoms with Crippen LogP contribution in [0.25, 0.3) is 21.9 Å². The van der Waals surface area contributed by atoms with E-state index in [1.807, 2.05) is 54.1 Å². The van der Waals surface area contributed by atoms with E-state index in [0.717, 1.165) is 21.9 Å². The number of amides is 1. The zero-order valence-corrected chi connectivity index (χ0v) is 13.8. The summed E-state index contributed by atoms with van der Waals surface area (Å²) in [6, 6.07) is 15.3. The number of aryl methyl sites for hydroxylation is 1. The molecule has 0 atom stereocenters. The Morgan fingerprint density at radius 1 is 1.25 bits per heavy atom. The number of nitrogens with one attached hydrogen (secondary N) is 2. The number of halogens is 1. The van der Waals surface area contributed by atoms with Gasteiger partial charge in [-0.2, -0.15) is 0 Å². The maximum absolute atomic E-state index is 12.5. The Hall–Kier alpha value is -2.79. The van der Waals surface area contributed by atoms with Gasteiger partial charge in [0.15, 0.2) is 0 Å². The number of para-hydroxylation sites is 1. The zero-order chi connectivity index (χ0) is 16.7. The first kappa shape index (κ1) is 14.8. The van der Waals surface area contributed by atoms with Crippen LogP contribution in [0.4, 0.5) is 0 Å². The van der Waals surface area contributed by atoms with E-state index in [1.165, 1.54) is 0 Å². The Balaban J connectivity index is 1.55. The number of nitrogens with zero attached hydrogens (tertiary/aromatic N) is 2. The SMILES string of the molecule is Cn1c(C(=O)NCc2nc3ccc(Cl)cc3[nH]2)cc2ccccc21. The Labute approximate surface area is 143 Å². The average molecular weight is 339 g/mol. The lowest BCUT2D eigenvalue weighted by molar-refractivity contribution is 0.0942. The summed E-state index contributed by atoms with van der Waals surface area (Å²) in [4.78, 5) is 20.1. The lowest BCUT2D eigenvalue weighted by atomic mass is 10.2. The quantitative estimate of drug-likeness (QED) is 0.599. The Morgan fingerprint density at radius 3 is 2.92 bits per heavy atom. The fourth-order valence-corrected chi connectivity index (χ4v) is 3.05. The predicted molar refractivity (Wildman–Crippen MR) is 95.2 cm³/mol. The number of hydrogen-bond donors (Lipinski definition) is 2. The first-order valence-electron chi connectivity index (χ1n) is 7.58. The number of carbonyl (C=O) groups excluding carboxylic acids is 1. The van der Waals surface area contributed by atoms with Gasteiger partial charge in [-0.25, -0.2) is 4.98 Å². The molecular formula is C18H15ClN4O. The first-order chi connectivity index (χ1) is 11.6. The van der Waals surface area contributed by atoms with Crippen molar-refractivity contribution in [3.05, 3.63) is 65.1 Å². The maximum Gasteiger partial charge on any atom is 0.268 e. The molecule has 0 aliphatic rings. The molecule has 0 saturated heterocycles. The van der Waals surface area contributed by atoms with E-state index in [-0.39, 0.29) is 5.91 Å². The van der Waals surface area contributed by atoms with E-state index in [9.17, 15) is 4.79 Å². The van der Waals surface area contributed by atoms with Gasteiger partial charge in [0.1, 0.15) is 11.5 Å². The van der Waals surface area contributed by atoms with Crippen LogP contribution in [0.1, 0.15) is 16.3 Å². The van der Waals surface area contributed by atoms with Crippen molar-refractivity contribution in [2.45, 2.75) is 6.54 Å². The van der Waals surface area contributed by atoms with Gasteiger partial charge in [-0.15, -0.1) is 0 Å². The van der Waals surface area contributed by atoms with Crippen molar-refractivity contribution in [3.8, 4) is 0 Å². The lowest BCUT2D eigenvalue weighted by Gasteiger charge is -2.05. The second-order valence-corrected chi connectivity index (χ2v) is 6.11. The molecule has 2 heterocycles. The van der Waals surface area contributed by atoms with Gasteiger partial charge >= 0.3 is 0 Å². The Morgan fingerprint density at radius 2 is 2.08 bits per heavy atom. The molecule has 2 aromatic carbocycles. The molecule has 6 heteroatoms. The van der Waals surface area contributed by atoms with Crippen molar-refractivity contribution >= 4 is 39.4 Å². The molecule has 0 unspecified atom stereocenters. The third kappa shape index (κ3) is 2.53. The van der Waals surface area contributed by atoms with Gasteiger partial charge in [0.05, 0.1) is 17.6 Å². The van der Waals surface area contributed by atoms with Crippen LogP contribution < -0.4 is 5.32 Å². The van der Waals surface area contributed by atoms with Crippen molar-refractivity contribution < 1.29 is 4.79 Å². The molecule has 120 valence electrons. The summed E-state index contributed by atoms with van der Waals surface area (Å²) in [6.45, 7) is 0.326. The van der Waals surface area contributed by atoms with Gasteiger partial charge in [0, 0.05) is 23.0 Å². The third-order valence-corrected chi connectivity index (χ3v) is 4.33. The van der Waals surface area contributed by atoms with Crippen LogP contribution in [-0.4, -0.2) is 20.4 Å². The summed E-state index contributed by atoms with van der Waals surface area (Å²) in [5, 5.41) is 4.60. The van der Waals surface area contributed by atoms with Crippen molar-refractivity contribution in [2.75, 3.05) is 0 Å². The van der Waals surface area contributed by atoms with Gasteiger partial charge in [0.25, 0.3) is 5.91 Å². The highest BCUT2D eigenvalue weighted by molar-refractivity contribution is 6.31. The smallest absolute Gasteiger partial charge is 0.268 e. The van der Waals surface area contributed by atoms with Crippen LogP contribution in [0.5, 0.6) is 0 Å². The average Bonchev–Trinajstić information content (AvgIpc) is 3.13. The number of carbonyl (C=O) groups is 1. The second-order valence-electron chi connectivity index (χ2n) is 5.68. The minimum Gasteiger partial charge on any atom is -0.344 e. The van der Waals surface area contributed by atoms with Crippen molar-refractivity contribution in [1.82, 2.24) is 19.9 Å². The number of hydrogen-bond acceptors (Lipinski definition) is 2. The number of imidazole rings is 1. The summed E-state index contributed by atoms with van der Waals surface area (Å²) in [5.74, 6) is 0.562. The number of H-pyrrole nitrogens is 1. The zero-order valence-electron chi connectivity index (χ0n) is 13.0. The van der Waals surface area contributed by atoms with Gasteiger partial charge in [-0.3, -0.25) is 4.79 Å². The topological polar surface area (TPSA) is 62.7 Å². The third-order valence-electron chi connectivity index (χ3n) is 4.09. The van der Waals surface area contributed by atoms with Crippen LogP contribution in [0.3, 0.4) is 0 Å². The molecule has 2 N–H and O–H groups in total. The Bertz CT molecular complexity index is 1060. The van der Waals surface area contributed by atoms with E-state index in [0.29, 0.717) is 23.1 Å². The Kier molecular flexibility index (Phi) is 3.50. The molecule has 24 heavy (non-hydrogen) atoms. The normalized spacial score (nSPS) is 11.2. The molecule has 0 aliphatic carbocycles. The standard InChI is InChI=1S/C18H15ClN4O/c1-23-15-5-3-2-4-11(15)8-16(23)18(24)20-10-17-21-13-7-6-12(19)9-14(13)22-17/h2-9H,10H2,1H3,(H,20,24)(H,21,22). The van der Waals surface area contributed by atoms with Crippen LogP contribution >= 0.6 is 11.6 Å². The molecule has 0 radical (unpaired) electrons. The van der Waals surface area contributed by atoms with Crippen molar-refractivity contribution in [2.24, 2.45) is 7.05 Å². The maximum atomic E-state index is 12.5. The lowest BCUT2D eigenvalue weighted by Crippen LogP contribution is -2.25. The summed E-state index contributed by atoms with van der Waals surface area (Å²) in [6.07, 6.45) is 0. The van der Waals surface area contributed by atoms with E-state index in [2.05, 4.69) is 15.3 Å². The molecule has 0 spiro atoms. The molecule has 4 rings (SSSR count). The van der Waals surface area contributed by atoms with E-state index >= 15 is 0 Å². The largest absolute Gasteiger partial charge is 0.344 e. The number of aromatic amines is 1. The number of rotatable bonds is 3. The fraction of sp³-hybridized carbons (Fsp3) is 0.111. The van der Waals surface area contributed by atoms with Gasteiger partial charge in [0.2, 0.25) is 0 Å². The fourth-order valence-electron chi connectivity index (χ4n) is 2.88. The molecule has 0 saturated carbocycles. The minimum absolute atomic E-state index is 0.132. The van der Waals surface area contributed by atoms with Crippen molar-refractivity contribution in [3.63, 3.8) is 0 Å². The highest BCUT2D eigenvalue weighted by Crippen LogP contribution is 2.19. The molecule has 5 nitrogen and oxygen atoms in total. The number of aromatic nitrogens is 3. The monoisotopic (exact) mass is 338 g/mol. The predicted octanol–water partition coefficient (Wildman–Crippen LogP) is 3.64. The van der Waals surface area contributed by atoms with Crippen LogP contribution in [-0.2, 0) is 13.6 Å².